The van der Waals surface area contributed by atoms with Crippen molar-refractivity contribution in [2.45, 2.75) is 58.4 Å². The third kappa shape index (κ3) is 4.47. The van der Waals surface area contributed by atoms with Crippen LogP contribution < -0.4 is 5.56 Å². The molecule has 5 heteroatoms. The van der Waals surface area contributed by atoms with Gasteiger partial charge in [0.1, 0.15) is 11.6 Å². The number of aryl methyl sites for hydroxylation is 3. The highest BCUT2D eigenvalue weighted by Gasteiger charge is 2.28. The molecule has 0 N–H and O–H groups in total. The van der Waals surface area contributed by atoms with E-state index in [-0.39, 0.29) is 17.1 Å². The number of aromatic nitrogens is 2. The fourth-order valence-electron chi connectivity index (χ4n) is 4.52. The first kappa shape index (κ1) is 21.9. The second-order valence-corrected chi connectivity index (χ2v) is 8.79. The molecule has 1 saturated carbocycles. The van der Waals surface area contributed by atoms with Crippen LogP contribution in [0, 0.1) is 13.8 Å². The first-order valence-corrected chi connectivity index (χ1v) is 11.1. The maximum atomic E-state index is 13.5. The smallest absolute Gasteiger partial charge is 0.262 e. The van der Waals surface area contributed by atoms with E-state index < -0.39 is 6.04 Å². The van der Waals surface area contributed by atoms with Crippen molar-refractivity contribution in [1.29, 1.82) is 0 Å². The van der Waals surface area contributed by atoms with E-state index in [0.717, 1.165) is 28.7 Å². The molecule has 32 heavy (non-hydrogen) atoms. The predicted octanol–water partition coefficient (Wildman–Crippen LogP) is 4.61. The van der Waals surface area contributed by atoms with Crippen LogP contribution in [0.25, 0.3) is 10.9 Å². The summed E-state index contributed by atoms with van der Waals surface area (Å²) in [6.45, 7) is 7.71. The van der Waals surface area contributed by atoms with Crippen LogP contribution in [0.5, 0.6) is 0 Å². The number of hydrogen-bond acceptors (Lipinski definition) is 4. The summed E-state index contributed by atoms with van der Waals surface area (Å²) in [6.07, 6.45) is 2.81. The number of Topliss-reactive ketones (excluding diaryl/α,β-unsaturated/α-hetero) is 2. The van der Waals surface area contributed by atoms with E-state index in [0.29, 0.717) is 48.8 Å². The minimum absolute atomic E-state index is 0.0124. The molecule has 0 spiro atoms. The number of ketones is 2. The summed E-state index contributed by atoms with van der Waals surface area (Å²) < 4.78 is 1.55. The van der Waals surface area contributed by atoms with E-state index in [9.17, 15) is 14.4 Å². The Morgan fingerprint density at radius 3 is 2.59 bits per heavy atom. The van der Waals surface area contributed by atoms with Crippen molar-refractivity contribution in [2.75, 3.05) is 0 Å². The van der Waals surface area contributed by atoms with Crippen LogP contribution in [-0.4, -0.2) is 21.1 Å². The van der Waals surface area contributed by atoms with Crippen LogP contribution >= 0.6 is 0 Å². The Hall–Kier alpha value is -3.34. The number of carbonyl (C=O) groups is 2. The van der Waals surface area contributed by atoms with Gasteiger partial charge >= 0.3 is 0 Å². The molecule has 1 aliphatic rings. The second-order valence-electron chi connectivity index (χ2n) is 8.79. The van der Waals surface area contributed by atoms with Crippen molar-refractivity contribution in [2.24, 2.45) is 0 Å². The fourth-order valence-corrected chi connectivity index (χ4v) is 4.52. The zero-order chi connectivity index (χ0) is 22.8. The highest BCUT2D eigenvalue weighted by Crippen LogP contribution is 2.28. The number of fused-ring (bicyclic) bond motifs is 1. The zero-order valence-corrected chi connectivity index (χ0v) is 18.7. The molecular formula is C27H28N2O3. The van der Waals surface area contributed by atoms with Gasteiger partial charge < -0.3 is 0 Å². The molecule has 1 fully saturated rings. The van der Waals surface area contributed by atoms with Crippen molar-refractivity contribution < 1.29 is 9.59 Å². The molecule has 1 atom stereocenters. The van der Waals surface area contributed by atoms with Gasteiger partial charge in [0, 0.05) is 19.3 Å². The van der Waals surface area contributed by atoms with Gasteiger partial charge in [0.25, 0.3) is 5.56 Å². The lowest BCUT2D eigenvalue weighted by molar-refractivity contribution is -0.122. The lowest BCUT2D eigenvalue weighted by atomic mass is 9.90. The molecular weight excluding hydrogens is 400 g/mol. The van der Waals surface area contributed by atoms with Crippen LogP contribution in [0.15, 0.2) is 59.4 Å². The lowest BCUT2D eigenvalue weighted by Gasteiger charge is -2.26. The molecule has 1 heterocycles. The van der Waals surface area contributed by atoms with Gasteiger partial charge in [-0.15, -0.1) is 0 Å². The molecule has 0 radical (unpaired) electrons. The van der Waals surface area contributed by atoms with Gasteiger partial charge in [-0.3, -0.25) is 19.0 Å². The van der Waals surface area contributed by atoms with E-state index in [2.05, 4.69) is 11.6 Å². The molecule has 0 aliphatic heterocycles. The number of nitrogens with zero attached hydrogens (tertiary/aromatic N) is 2. The Morgan fingerprint density at radius 2 is 1.88 bits per heavy atom. The first-order chi connectivity index (χ1) is 15.3. The number of carbonyl (C=O) groups excluding carboxylic acids is 2. The van der Waals surface area contributed by atoms with Crippen molar-refractivity contribution in [3.8, 4) is 0 Å². The Labute approximate surface area is 187 Å². The fraction of sp³-hybridized carbons (Fsp3) is 0.333. The van der Waals surface area contributed by atoms with Gasteiger partial charge in [-0.1, -0.05) is 54.1 Å². The van der Waals surface area contributed by atoms with E-state index >= 15 is 0 Å². The third-order valence-corrected chi connectivity index (χ3v) is 6.27. The van der Waals surface area contributed by atoms with Crippen LogP contribution in [0.3, 0.4) is 0 Å². The summed E-state index contributed by atoms with van der Waals surface area (Å²) in [5.74, 6) is 0.687. The van der Waals surface area contributed by atoms with Gasteiger partial charge in [-0.2, -0.15) is 0 Å². The van der Waals surface area contributed by atoms with Gasteiger partial charge in [0.2, 0.25) is 0 Å². The number of allylic oxidation sites excluding steroid dienone is 1. The van der Waals surface area contributed by atoms with E-state index in [4.69, 9.17) is 0 Å². The number of rotatable bonds is 6. The molecule has 0 bridgehead atoms. The monoisotopic (exact) mass is 428 g/mol. The van der Waals surface area contributed by atoms with Crippen LogP contribution in [0.2, 0.25) is 0 Å². The molecule has 3 aromatic rings. The average Bonchev–Trinajstić information content (AvgIpc) is 2.75. The van der Waals surface area contributed by atoms with E-state index in [1.807, 2.05) is 49.4 Å². The summed E-state index contributed by atoms with van der Waals surface area (Å²) in [5.41, 5.74) is 4.30. The highest BCUT2D eigenvalue weighted by molar-refractivity contribution is 5.87. The standard InChI is InChI=1S/C27H28N2O3/c1-17-7-10-20(11-8-17)16-22(30)13-12-21-5-4-6-23-26(21)27(32)29(19(3)28-23)24-14-9-18(2)15-25(24)31/h4-8,10-11,24H,2,9,12-16H2,1,3H3. The van der Waals surface area contributed by atoms with Gasteiger partial charge in [0.05, 0.1) is 16.9 Å². The summed E-state index contributed by atoms with van der Waals surface area (Å²) in [5, 5.41) is 0.512. The highest BCUT2D eigenvalue weighted by atomic mass is 16.1. The van der Waals surface area contributed by atoms with E-state index in [1.54, 1.807) is 11.5 Å². The maximum absolute atomic E-state index is 13.5. The Bertz CT molecular complexity index is 1270. The summed E-state index contributed by atoms with van der Waals surface area (Å²) in [6, 6.07) is 13.0. The van der Waals surface area contributed by atoms with Crippen molar-refractivity contribution in [3.05, 3.63) is 87.5 Å². The minimum atomic E-state index is -0.499. The largest absolute Gasteiger partial charge is 0.299 e. The van der Waals surface area contributed by atoms with Gasteiger partial charge in [-0.05, 0) is 50.3 Å². The van der Waals surface area contributed by atoms with Crippen LogP contribution in [0.1, 0.15) is 54.2 Å². The summed E-state index contributed by atoms with van der Waals surface area (Å²) in [4.78, 5) is 43.4. The molecule has 164 valence electrons. The molecule has 0 saturated heterocycles. The zero-order valence-electron chi connectivity index (χ0n) is 18.7. The lowest BCUT2D eigenvalue weighted by Crippen LogP contribution is -2.35. The van der Waals surface area contributed by atoms with Crippen molar-refractivity contribution in [1.82, 2.24) is 9.55 Å². The Balaban J connectivity index is 1.61. The molecule has 4 rings (SSSR count). The molecule has 1 unspecified atom stereocenters. The first-order valence-electron chi connectivity index (χ1n) is 11.1. The number of hydrogen-bond donors (Lipinski definition) is 0. The van der Waals surface area contributed by atoms with Gasteiger partial charge in [0.15, 0.2) is 5.78 Å². The van der Waals surface area contributed by atoms with Crippen molar-refractivity contribution in [3.63, 3.8) is 0 Å². The molecule has 2 aromatic carbocycles. The second kappa shape index (κ2) is 9.03. The molecule has 5 nitrogen and oxygen atoms in total. The average molecular weight is 429 g/mol. The van der Waals surface area contributed by atoms with E-state index in [1.165, 1.54) is 0 Å². The van der Waals surface area contributed by atoms with Crippen LogP contribution in [0.4, 0.5) is 0 Å². The molecule has 1 aliphatic carbocycles. The Morgan fingerprint density at radius 1 is 1.12 bits per heavy atom. The third-order valence-electron chi connectivity index (χ3n) is 6.27. The predicted molar refractivity (Wildman–Crippen MR) is 126 cm³/mol. The molecule has 0 amide bonds. The topological polar surface area (TPSA) is 69.0 Å². The van der Waals surface area contributed by atoms with Crippen LogP contribution in [-0.2, 0) is 22.4 Å². The summed E-state index contributed by atoms with van der Waals surface area (Å²) >= 11 is 0. The minimum Gasteiger partial charge on any atom is -0.299 e. The number of benzene rings is 2. The molecule has 1 aromatic heterocycles. The Kier molecular flexibility index (Phi) is 6.17. The normalized spacial score (nSPS) is 16.5. The quantitative estimate of drug-likeness (QED) is 0.538. The van der Waals surface area contributed by atoms with Gasteiger partial charge in [-0.25, -0.2) is 4.98 Å². The van der Waals surface area contributed by atoms with Crippen molar-refractivity contribution >= 4 is 22.5 Å². The summed E-state index contributed by atoms with van der Waals surface area (Å²) in [7, 11) is 0. The SMILES string of the molecule is C=C1CCC(n2c(C)nc3cccc(CCC(=O)Cc4ccc(C)cc4)c3c2=O)C(=O)C1. The maximum Gasteiger partial charge on any atom is 0.262 e.